The Morgan fingerprint density at radius 3 is 2.62 bits per heavy atom. The van der Waals surface area contributed by atoms with Crippen molar-refractivity contribution in [3.63, 3.8) is 0 Å². The van der Waals surface area contributed by atoms with Gasteiger partial charge >= 0.3 is 6.18 Å². The van der Waals surface area contributed by atoms with Crippen molar-refractivity contribution in [3.8, 4) is 0 Å². The number of benzene rings is 1. The maximum Gasteiger partial charge on any atom is 0.416 e. The molecule has 2 fully saturated rings. The van der Waals surface area contributed by atoms with E-state index < -0.39 is 11.7 Å². The predicted molar refractivity (Wildman–Crippen MR) is 97.4 cm³/mol. The fourth-order valence-electron chi connectivity index (χ4n) is 4.30. The molecule has 0 bridgehead atoms. The third-order valence-electron chi connectivity index (χ3n) is 5.85. The minimum absolute atomic E-state index is 0. The van der Waals surface area contributed by atoms with E-state index in [9.17, 15) is 13.2 Å². The molecule has 0 saturated carbocycles. The zero-order chi connectivity index (χ0) is 17.7. The molecule has 0 aliphatic carbocycles. The largest absolute Gasteiger partial charge is 0.416 e. The van der Waals surface area contributed by atoms with Gasteiger partial charge in [-0.1, -0.05) is 0 Å². The molecule has 1 spiro atoms. The molecule has 2 saturated heterocycles. The molecule has 26 heavy (non-hydrogen) atoms. The summed E-state index contributed by atoms with van der Waals surface area (Å²) in [5, 5.41) is 3.42. The molecule has 2 aliphatic rings. The zero-order valence-electron chi connectivity index (χ0n) is 14.8. The second-order valence-electron chi connectivity index (χ2n) is 7.50. The Morgan fingerprint density at radius 1 is 1.19 bits per heavy atom. The number of rotatable bonds is 2. The maximum absolute atomic E-state index is 12.9. The second kappa shape index (κ2) is 7.02. The highest BCUT2D eigenvalue weighted by molar-refractivity contribution is 5.85. The first kappa shape index (κ1) is 19.5. The van der Waals surface area contributed by atoms with Crippen LogP contribution in [0.5, 0.6) is 0 Å². The van der Waals surface area contributed by atoms with Gasteiger partial charge in [-0.3, -0.25) is 4.90 Å². The highest BCUT2D eigenvalue weighted by Crippen LogP contribution is 2.39. The first-order valence-corrected chi connectivity index (χ1v) is 8.82. The van der Waals surface area contributed by atoms with Gasteiger partial charge in [0.2, 0.25) is 0 Å². The van der Waals surface area contributed by atoms with Crippen molar-refractivity contribution >= 4 is 23.4 Å². The van der Waals surface area contributed by atoms with Gasteiger partial charge in [0, 0.05) is 13.6 Å². The number of hydrogen-bond donors (Lipinski definition) is 1. The van der Waals surface area contributed by atoms with Crippen LogP contribution in [0.15, 0.2) is 18.2 Å². The summed E-state index contributed by atoms with van der Waals surface area (Å²) in [6.45, 7) is 4.96. The molecule has 0 atom stereocenters. The average Bonchev–Trinajstić information content (AvgIpc) is 3.09. The molecule has 0 amide bonds. The van der Waals surface area contributed by atoms with Gasteiger partial charge in [-0.15, -0.1) is 12.4 Å². The summed E-state index contributed by atoms with van der Waals surface area (Å²) in [6, 6.07) is 3.80. The summed E-state index contributed by atoms with van der Waals surface area (Å²) in [5.41, 5.74) is 0.945. The zero-order valence-corrected chi connectivity index (χ0v) is 15.6. The van der Waals surface area contributed by atoms with E-state index in [4.69, 9.17) is 0 Å². The molecule has 8 heteroatoms. The van der Waals surface area contributed by atoms with Gasteiger partial charge in [-0.05, 0) is 62.5 Å². The standard InChI is InChI=1S/C18H23F3N4.ClH/c1-24-15-3-2-13(18(19,20)21)10-14(15)23-16(24)11-25-9-6-17(12-25)4-7-22-8-5-17;/h2-3,10,22H,4-9,11-12H2,1H3;1H. The molecular weight excluding hydrogens is 365 g/mol. The van der Waals surface area contributed by atoms with E-state index in [1.165, 1.54) is 25.3 Å². The van der Waals surface area contributed by atoms with Crippen LogP contribution >= 0.6 is 12.4 Å². The number of piperidine rings is 1. The van der Waals surface area contributed by atoms with Crippen molar-refractivity contribution in [2.45, 2.75) is 32.0 Å². The van der Waals surface area contributed by atoms with Crippen molar-refractivity contribution in [1.29, 1.82) is 0 Å². The molecule has 2 aliphatic heterocycles. The number of halogens is 4. The molecule has 1 aromatic heterocycles. The van der Waals surface area contributed by atoms with Crippen LogP contribution in [-0.4, -0.2) is 40.6 Å². The van der Waals surface area contributed by atoms with Crippen molar-refractivity contribution in [1.82, 2.24) is 19.8 Å². The Labute approximate surface area is 157 Å². The van der Waals surface area contributed by atoms with Crippen LogP contribution in [-0.2, 0) is 19.8 Å². The van der Waals surface area contributed by atoms with Crippen LogP contribution in [0.25, 0.3) is 11.0 Å². The third kappa shape index (κ3) is 3.57. The molecule has 1 aromatic carbocycles. The minimum Gasteiger partial charge on any atom is -0.330 e. The Balaban J connectivity index is 0.00000196. The number of likely N-dealkylation sites (tertiary alicyclic amines) is 1. The third-order valence-corrected chi connectivity index (χ3v) is 5.85. The average molecular weight is 389 g/mol. The van der Waals surface area contributed by atoms with E-state index in [1.807, 2.05) is 11.6 Å². The summed E-state index contributed by atoms with van der Waals surface area (Å²) < 4.78 is 40.6. The van der Waals surface area contributed by atoms with E-state index in [2.05, 4.69) is 15.2 Å². The van der Waals surface area contributed by atoms with Crippen molar-refractivity contribution in [2.75, 3.05) is 26.2 Å². The summed E-state index contributed by atoms with van der Waals surface area (Å²) in [4.78, 5) is 6.89. The van der Waals surface area contributed by atoms with Crippen molar-refractivity contribution < 1.29 is 13.2 Å². The van der Waals surface area contributed by atoms with E-state index >= 15 is 0 Å². The Morgan fingerprint density at radius 2 is 1.92 bits per heavy atom. The Bertz CT molecular complexity index is 781. The van der Waals surface area contributed by atoms with Crippen LogP contribution in [0.4, 0.5) is 13.2 Å². The number of imidazole rings is 1. The highest BCUT2D eigenvalue weighted by atomic mass is 35.5. The number of aromatic nitrogens is 2. The van der Waals surface area contributed by atoms with E-state index in [1.54, 1.807) is 0 Å². The fourth-order valence-corrected chi connectivity index (χ4v) is 4.30. The first-order chi connectivity index (χ1) is 11.9. The number of fused-ring (bicyclic) bond motifs is 1. The van der Waals surface area contributed by atoms with Gasteiger partial charge in [0.25, 0.3) is 0 Å². The van der Waals surface area contributed by atoms with E-state index in [0.29, 0.717) is 17.5 Å². The van der Waals surface area contributed by atoms with Crippen LogP contribution < -0.4 is 5.32 Å². The van der Waals surface area contributed by atoms with Crippen LogP contribution in [0.3, 0.4) is 0 Å². The highest BCUT2D eigenvalue weighted by Gasteiger charge is 2.39. The summed E-state index contributed by atoms with van der Waals surface area (Å²) in [6.07, 6.45) is -0.707. The lowest BCUT2D eigenvalue weighted by atomic mass is 9.78. The molecule has 1 N–H and O–H groups in total. The lowest BCUT2D eigenvalue weighted by Gasteiger charge is -2.33. The van der Waals surface area contributed by atoms with Gasteiger partial charge in [0.1, 0.15) is 5.82 Å². The van der Waals surface area contributed by atoms with Gasteiger partial charge in [-0.25, -0.2) is 4.98 Å². The van der Waals surface area contributed by atoms with Gasteiger partial charge < -0.3 is 9.88 Å². The number of nitrogens with zero attached hydrogens (tertiary/aromatic N) is 3. The topological polar surface area (TPSA) is 33.1 Å². The maximum atomic E-state index is 12.9. The molecule has 2 aromatic rings. The number of alkyl halides is 3. The quantitative estimate of drug-likeness (QED) is 0.853. The summed E-state index contributed by atoms with van der Waals surface area (Å²) in [7, 11) is 1.88. The van der Waals surface area contributed by atoms with Crippen molar-refractivity contribution in [3.05, 3.63) is 29.6 Å². The van der Waals surface area contributed by atoms with E-state index in [0.717, 1.165) is 49.7 Å². The Kier molecular flexibility index (Phi) is 5.25. The molecule has 3 heterocycles. The van der Waals surface area contributed by atoms with Crippen LogP contribution in [0, 0.1) is 5.41 Å². The molecular formula is C18H24ClF3N4. The lowest BCUT2D eigenvalue weighted by Crippen LogP contribution is -2.38. The molecule has 0 radical (unpaired) electrons. The predicted octanol–water partition coefficient (Wildman–Crippen LogP) is 3.59. The summed E-state index contributed by atoms with van der Waals surface area (Å²) >= 11 is 0. The lowest BCUT2D eigenvalue weighted by molar-refractivity contribution is -0.137. The normalized spacial score (nSPS) is 20.6. The Hall–Kier alpha value is -1.31. The molecule has 144 valence electrons. The number of aryl methyl sites for hydroxylation is 1. The monoisotopic (exact) mass is 388 g/mol. The minimum atomic E-state index is -4.33. The van der Waals surface area contributed by atoms with Gasteiger partial charge in [0.05, 0.1) is 23.1 Å². The van der Waals surface area contributed by atoms with Gasteiger partial charge in [-0.2, -0.15) is 13.2 Å². The summed E-state index contributed by atoms with van der Waals surface area (Å²) in [5.74, 6) is 0.834. The number of nitrogens with one attached hydrogen (secondary N) is 1. The van der Waals surface area contributed by atoms with E-state index in [-0.39, 0.29) is 12.4 Å². The van der Waals surface area contributed by atoms with Gasteiger partial charge in [0.15, 0.2) is 0 Å². The second-order valence-corrected chi connectivity index (χ2v) is 7.50. The van der Waals surface area contributed by atoms with Crippen molar-refractivity contribution in [2.24, 2.45) is 12.5 Å². The molecule has 0 unspecified atom stereocenters. The number of hydrogen-bond acceptors (Lipinski definition) is 3. The SMILES string of the molecule is Cl.Cn1c(CN2CCC3(CCNCC3)C2)nc2cc(C(F)(F)F)ccc21. The fraction of sp³-hybridized carbons (Fsp3) is 0.611. The smallest absolute Gasteiger partial charge is 0.330 e. The first-order valence-electron chi connectivity index (χ1n) is 8.82. The van der Waals surface area contributed by atoms with Crippen LogP contribution in [0.1, 0.15) is 30.7 Å². The molecule has 4 rings (SSSR count). The molecule has 4 nitrogen and oxygen atoms in total. The van der Waals surface area contributed by atoms with Crippen LogP contribution in [0.2, 0.25) is 0 Å².